The van der Waals surface area contributed by atoms with Gasteiger partial charge in [-0.1, -0.05) is 0 Å². The second-order valence-electron chi connectivity index (χ2n) is 3.84. The predicted molar refractivity (Wildman–Crippen MR) is 65.7 cm³/mol. The molecular formula is C10H13BrF3N3O2. The number of halogens is 4. The van der Waals surface area contributed by atoms with Gasteiger partial charge in [0.25, 0.3) is 0 Å². The van der Waals surface area contributed by atoms with Crippen molar-refractivity contribution in [2.24, 2.45) is 0 Å². The molecule has 1 atom stereocenters. The van der Waals surface area contributed by atoms with E-state index in [-0.39, 0.29) is 18.9 Å². The normalized spacial score (nSPS) is 13.4. The summed E-state index contributed by atoms with van der Waals surface area (Å²) in [6, 6.07) is 0. The molecule has 0 amide bonds. The van der Waals surface area contributed by atoms with E-state index in [0.717, 1.165) is 0 Å². The third-order valence-electron chi connectivity index (χ3n) is 2.25. The van der Waals surface area contributed by atoms with E-state index in [9.17, 15) is 18.3 Å². The highest BCUT2D eigenvalue weighted by Crippen LogP contribution is 2.25. The van der Waals surface area contributed by atoms with Crippen LogP contribution in [-0.2, 0) is 0 Å². The molecule has 2 N–H and O–H groups in total. The summed E-state index contributed by atoms with van der Waals surface area (Å²) in [4.78, 5) is 8.84. The Morgan fingerprint density at radius 2 is 2.11 bits per heavy atom. The summed E-state index contributed by atoms with van der Waals surface area (Å²) in [6.07, 6.45) is -3.89. The van der Waals surface area contributed by atoms with E-state index in [1.165, 1.54) is 17.4 Å². The van der Waals surface area contributed by atoms with E-state index < -0.39 is 25.3 Å². The van der Waals surface area contributed by atoms with E-state index in [2.05, 4.69) is 25.9 Å². The van der Waals surface area contributed by atoms with Gasteiger partial charge in [0.15, 0.2) is 0 Å². The molecule has 0 aliphatic heterocycles. The fraction of sp³-hybridized carbons (Fsp3) is 0.600. The molecule has 0 unspecified atom stereocenters. The van der Waals surface area contributed by atoms with Crippen molar-refractivity contribution in [1.82, 2.24) is 9.97 Å². The van der Waals surface area contributed by atoms with Crippen LogP contribution in [0.3, 0.4) is 0 Å². The molecule has 0 radical (unpaired) electrons. The molecule has 0 saturated heterocycles. The van der Waals surface area contributed by atoms with E-state index in [1.54, 1.807) is 0 Å². The van der Waals surface area contributed by atoms with Crippen LogP contribution in [0.15, 0.2) is 17.0 Å². The lowest BCUT2D eigenvalue weighted by molar-refractivity contribution is -0.132. The molecule has 0 saturated carbocycles. The van der Waals surface area contributed by atoms with Crippen molar-refractivity contribution in [3.63, 3.8) is 0 Å². The number of anilines is 1. The van der Waals surface area contributed by atoms with Gasteiger partial charge < -0.3 is 15.1 Å². The van der Waals surface area contributed by atoms with E-state index in [4.69, 9.17) is 5.11 Å². The Morgan fingerprint density at radius 3 is 2.63 bits per heavy atom. The summed E-state index contributed by atoms with van der Waals surface area (Å²) in [5, 5.41) is 18.2. The summed E-state index contributed by atoms with van der Waals surface area (Å²) in [5.41, 5.74) is 0. The molecule has 1 aromatic rings. The maximum Gasteiger partial charge on any atom is 0.390 e. The first kappa shape index (κ1) is 16.1. The lowest BCUT2D eigenvalue weighted by atomic mass is 10.3. The maximum atomic E-state index is 12.3. The van der Waals surface area contributed by atoms with Crippen molar-refractivity contribution in [1.29, 1.82) is 0 Å². The molecular weight excluding hydrogens is 331 g/mol. The number of rotatable bonds is 6. The highest BCUT2D eigenvalue weighted by atomic mass is 79.9. The minimum atomic E-state index is -4.30. The van der Waals surface area contributed by atoms with Crippen molar-refractivity contribution >= 4 is 21.7 Å². The number of aliphatic hydroxyl groups is 2. The first-order valence-electron chi connectivity index (χ1n) is 5.39. The second kappa shape index (κ2) is 7.01. The van der Waals surface area contributed by atoms with Crippen LogP contribution in [0.2, 0.25) is 0 Å². The first-order chi connectivity index (χ1) is 8.83. The molecule has 0 aliphatic carbocycles. The van der Waals surface area contributed by atoms with E-state index >= 15 is 0 Å². The molecule has 1 aromatic heterocycles. The van der Waals surface area contributed by atoms with Gasteiger partial charge in [-0.3, -0.25) is 0 Å². The van der Waals surface area contributed by atoms with Gasteiger partial charge in [-0.25, -0.2) is 9.97 Å². The molecule has 5 nitrogen and oxygen atoms in total. The Bertz CT molecular complexity index is 406. The van der Waals surface area contributed by atoms with Crippen LogP contribution in [0.5, 0.6) is 0 Å². The van der Waals surface area contributed by atoms with Crippen molar-refractivity contribution in [3.8, 4) is 0 Å². The first-order valence-corrected chi connectivity index (χ1v) is 6.19. The third kappa shape index (κ3) is 5.70. The van der Waals surface area contributed by atoms with Gasteiger partial charge in [0.05, 0.1) is 23.6 Å². The highest BCUT2D eigenvalue weighted by Gasteiger charge is 2.29. The number of nitrogens with zero attached hydrogens (tertiary/aromatic N) is 3. The van der Waals surface area contributed by atoms with E-state index in [1.807, 2.05) is 0 Å². The van der Waals surface area contributed by atoms with Gasteiger partial charge >= 0.3 is 6.18 Å². The fourth-order valence-electron chi connectivity index (χ4n) is 1.40. The van der Waals surface area contributed by atoms with Gasteiger partial charge in [-0.15, -0.1) is 0 Å². The van der Waals surface area contributed by atoms with Crippen molar-refractivity contribution in [2.45, 2.75) is 18.7 Å². The minimum absolute atomic E-state index is 0.151. The summed E-state index contributed by atoms with van der Waals surface area (Å²) in [5.74, 6) is 0.242. The Kier molecular flexibility index (Phi) is 5.95. The molecule has 108 valence electrons. The van der Waals surface area contributed by atoms with Crippen molar-refractivity contribution in [2.75, 3.05) is 24.6 Å². The molecule has 0 spiro atoms. The average Bonchev–Trinajstić information content (AvgIpc) is 2.34. The van der Waals surface area contributed by atoms with Crippen LogP contribution < -0.4 is 4.90 Å². The van der Waals surface area contributed by atoms with Crippen LogP contribution in [-0.4, -0.2) is 52.2 Å². The van der Waals surface area contributed by atoms with Gasteiger partial charge in [0.1, 0.15) is 12.1 Å². The molecule has 9 heteroatoms. The monoisotopic (exact) mass is 343 g/mol. The zero-order valence-electron chi connectivity index (χ0n) is 9.81. The fourth-order valence-corrected chi connectivity index (χ4v) is 1.87. The van der Waals surface area contributed by atoms with Crippen LogP contribution in [0.25, 0.3) is 0 Å². The topological polar surface area (TPSA) is 69.5 Å². The smallest absolute Gasteiger partial charge is 0.390 e. The maximum absolute atomic E-state index is 12.3. The number of aliphatic hydroxyl groups excluding tert-OH is 2. The Morgan fingerprint density at radius 1 is 1.42 bits per heavy atom. The predicted octanol–water partition coefficient (Wildman–Crippen LogP) is 1.35. The van der Waals surface area contributed by atoms with Crippen LogP contribution >= 0.6 is 15.9 Å². The molecule has 1 heterocycles. The lowest BCUT2D eigenvalue weighted by Gasteiger charge is -2.26. The van der Waals surface area contributed by atoms with Crippen LogP contribution in [0.4, 0.5) is 19.0 Å². The largest absolute Gasteiger partial charge is 0.394 e. The van der Waals surface area contributed by atoms with Gasteiger partial charge in [-0.05, 0) is 15.9 Å². The molecule has 19 heavy (non-hydrogen) atoms. The zero-order valence-corrected chi connectivity index (χ0v) is 11.4. The third-order valence-corrected chi connectivity index (χ3v) is 2.81. The molecule has 0 bridgehead atoms. The number of hydrogen-bond acceptors (Lipinski definition) is 5. The van der Waals surface area contributed by atoms with Gasteiger partial charge in [0, 0.05) is 19.3 Å². The summed E-state index contributed by atoms with van der Waals surface area (Å²) >= 11 is 3.14. The zero-order chi connectivity index (χ0) is 14.5. The number of aromatic nitrogens is 2. The SMILES string of the molecule is OC[C@@H](O)CN(CCC(F)(F)F)c1ncncc1Br. The van der Waals surface area contributed by atoms with Gasteiger partial charge in [-0.2, -0.15) is 13.2 Å². The standard InChI is InChI=1S/C10H13BrF3N3O2/c11-8-3-15-6-16-9(8)17(4-7(19)5-18)2-1-10(12,13)14/h3,6-7,18-19H,1-2,4-5H2/t7-/m0/s1. The lowest BCUT2D eigenvalue weighted by Crippen LogP contribution is -2.37. The van der Waals surface area contributed by atoms with Crippen LogP contribution in [0, 0.1) is 0 Å². The Labute approximate surface area is 116 Å². The minimum Gasteiger partial charge on any atom is -0.394 e. The number of alkyl halides is 3. The molecule has 1 rings (SSSR count). The van der Waals surface area contributed by atoms with Crippen LogP contribution in [0.1, 0.15) is 6.42 Å². The number of hydrogen-bond donors (Lipinski definition) is 2. The second-order valence-corrected chi connectivity index (χ2v) is 4.70. The highest BCUT2D eigenvalue weighted by molar-refractivity contribution is 9.10. The summed E-state index contributed by atoms with van der Waals surface area (Å²) in [7, 11) is 0. The summed E-state index contributed by atoms with van der Waals surface area (Å²) in [6.45, 7) is -1.05. The average molecular weight is 344 g/mol. The molecule has 0 aromatic carbocycles. The molecule has 0 aliphatic rings. The van der Waals surface area contributed by atoms with E-state index in [0.29, 0.717) is 4.47 Å². The Hall–Kier alpha value is -0.930. The summed E-state index contributed by atoms with van der Waals surface area (Å²) < 4.78 is 37.2. The molecule has 0 fully saturated rings. The van der Waals surface area contributed by atoms with Crippen molar-refractivity contribution in [3.05, 3.63) is 17.0 Å². The Balaban J connectivity index is 2.83. The quantitative estimate of drug-likeness (QED) is 0.815. The van der Waals surface area contributed by atoms with Gasteiger partial charge in [0.2, 0.25) is 0 Å². The van der Waals surface area contributed by atoms with Crippen molar-refractivity contribution < 1.29 is 23.4 Å².